The zero-order chi connectivity index (χ0) is 16.9. The molecule has 0 aliphatic carbocycles. The van der Waals surface area contributed by atoms with E-state index in [9.17, 15) is 9.18 Å². The van der Waals surface area contributed by atoms with Crippen LogP contribution in [0.1, 0.15) is 11.3 Å². The van der Waals surface area contributed by atoms with Gasteiger partial charge in [-0.3, -0.25) is 4.79 Å². The fourth-order valence-electron chi connectivity index (χ4n) is 2.18. The lowest BCUT2D eigenvalue weighted by Gasteiger charge is -2.04. The van der Waals surface area contributed by atoms with Gasteiger partial charge in [0.05, 0.1) is 23.7 Å². The predicted octanol–water partition coefficient (Wildman–Crippen LogP) is 4.00. The maximum absolute atomic E-state index is 13.3. The van der Waals surface area contributed by atoms with Crippen molar-refractivity contribution in [2.75, 3.05) is 5.32 Å². The number of anilines is 1. The van der Waals surface area contributed by atoms with Gasteiger partial charge in [-0.2, -0.15) is 5.26 Å². The van der Waals surface area contributed by atoms with Gasteiger partial charge in [0, 0.05) is 16.6 Å². The van der Waals surface area contributed by atoms with Crippen molar-refractivity contribution < 1.29 is 9.18 Å². The minimum absolute atomic E-state index is 0.114. The van der Waals surface area contributed by atoms with Crippen LogP contribution in [0.3, 0.4) is 0 Å². The monoisotopic (exact) mass is 337 g/mol. The molecule has 0 unspecified atom stereocenters. The van der Waals surface area contributed by atoms with Gasteiger partial charge in [0.25, 0.3) is 0 Å². The molecule has 1 amide bonds. The summed E-state index contributed by atoms with van der Waals surface area (Å²) in [6.45, 7) is 0. The molecule has 24 heavy (non-hydrogen) atoms. The van der Waals surface area contributed by atoms with Gasteiger partial charge in [-0.05, 0) is 30.3 Å². The number of thiazole rings is 1. The predicted molar refractivity (Wildman–Crippen MR) is 91.0 cm³/mol. The summed E-state index contributed by atoms with van der Waals surface area (Å²) in [5, 5.41) is 14.1. The molecule has 1 aromatic heterocycles. The van der Waals surface area contributed by atoms with Gasteiger partial charge < -0.3 is 5.32 Å². The first kappa shape index (κ1) is 15.8. The number of nitrogens with one attached hydrogen (secondary N) is 1. The van der Waals surface area contributed by atoms with Gasteiger partial charge in [0.2, 0.25) is 5.91 Å². The van der Waals surface area contributed by atoms with Crippen LogP contribution in [0.4, 0.5) is 10.1 Å². The normalized spacial score (nSPS) is 10.2. The van der Waals surface area contributed by atoms with Crippen molar-refractivity contribution >= 4 is 22.9 Å². The average Bonchev–Trinajstić information content (AvgIpc) is 3.03. The van der Waals surface area contributed by atoms with Crippen LogP contribution in [0.5, 0.6) is 0 Å². The quantitative estimate of drug-likeness (QED) is 0.782. The largest absolute Gasteiger partial charge is 0.326 e. The Morgan fingerprint density at radius 1 is 1.25 bits per heavy atom. The van der Waals surface area contributed by atoms with E-state index in [1.807, 2.05) is 6.07 Å². The SMILES string of the molecule is N#Cc1cccc(NC(=O)Cc2csc(-c3cccc(F)c3)n2)c1. The van der Waals surface area contributed by atoms with E-state index in [4.69, 9.17) is 5.26 Å². The molecule has 0 spiro atoms. The molecule has 0 radical (unpaired) electrons. The number of aromatic nitrogens is 1. The number of carbonyl (C=O) groups excluding carboxylic acids is 1. The van der Waals surface area contributed by atoms with Crippen LogP contribution in [0.25, 0.3) is 10.6 Å². The summed E-state index contributed by atoms with van der Waals surface area (Å²) in [5.41, 5.74) is 2.36. The average molecular weight is 337 g/mol. The molecule has 0 aliphatic heterocycles. The van der Waals surface area contributed by atoms with E-state index >= 15 is 0 Å². The first-order chi connectivity index (χ1) is 11.6. The summed E-state index contributed by atoms with van der Waals surface area (Å²) in [4.78, 5) is 16.5. The first-order valence-corrected chi connectivity index (χ1v) is 8.02. The number of hydrogen-bond acceptors (Lipinski definition) is 4. The number of halogens is 1. The summed E-state index contributed by atoms with van der Waals surface area (Å²) < 4.78 is 13.3. The van der Waals surface area contributed by atoms with Crippen LogP contribution in [0, 0.1) is 17.1 Å². The Kier molecular flexibility index (Phi) is 4.64. The van der Waals surface area contributed by atoms with E-state index in [1.165, 1.54) is 23.5 Å². The molecule has 0 saturated heterocycles. The zero-order valence-electron chi connectivity index (χ0n) is 12.5. The van der Waals surface area contributed by atoms with E-state index in [2.05, 4.69) is 10.3 Å². The second-order valence-electron chi connectivity index (χ2n) is 5.07. The summed E-state index contributed by atoms with van der Waals surface area (Å²) in [7, 11) is 0. The highest BCUT2D eigenvalue weighted by molar-refractivity contribution is 7.13. The number of benzene rings is 2. The summed E-state index contributed by atoms with van der Waals surface area (Å²) in [6.07, 6.45) is 0.114. The van der Waals surface area contributed by atoms with Crippen LogP contribution in [0.15, 0.2) is 53.9 Å². The third kappa shape index (κ3) is 3.83. The molecule has 0 bridgehead atoms. The van der Waals surface area contributed by atoms with E-state index < -0.39 is 0 Å². The minimum atomic E-state index is -0.320. The molecular formula is C18H12FN3OS. The van der Waals surface area contributed by atoms with E-state index in [0.29, 0.717) is 27.5 Å². The first-order valence-electron chi connectivity index (χ1n) is 7.14. The summed E-state index contributed by atoms with van der Waals surface area (Å²) in [5.74, 6) is -0.541. The van der Waals surface area contributed by atoms with Crippen molar-refractivity contribution in [3.8, 4) is 16.6 Å². The minimum Gasteiger partial charge on any atom is -0.326 e. The Bertz CT molecular complexity index is 930. The Labute approximate surface area is 142 Å². The van der Waals surface area contributed by atoms with Gasteiger partial charge >= 0.3 is 0 Å². The highest BCUT2D eigenvalue weighted by Gasteiger charge is 2.10. The number of hydrogen-bond donors (Lipinski definition) is 1. The highest BCUT2D eigenvalue weighted by atomic mass is 32.1. The van der Waals surface area contributed by atoms with Gasteiger partial charge in [-0.1, -0.05) is 18.2 Å². The van der Waals surface area contributed by atoms with Gasteiger partial charge in [0.1, 0.15) is 10.8 Å². The standard InChI is InChI=1S/C18H12FN3OS/c19-14-5-2-4-13(8-14)18-22-16(11-24-18)9-17(23)21-15-6-1-3-12(7-15)10-20/h1-8,11H,9H2,(H,21,23). The Morgan fingerprint density at radius 2 is 2.08 bits per heavy atom. The van der Waals surface area contributed by atoms with Gasteiger partial charge in [-0.15, -0.1) is 11.3 Å². The van der Waals surface area contributed by atoms with Crippen molar-refractivity contribution in [3.05, 3.63) is 71.0 Å². The fourth-order valence-corrected chi connectivity index (χ4v) is 3.00. The summed E-state index contributed by atoms with van der Waals surface area (Å²) in [6, 6.07) is 14.9. The molecule has 0 atom stereocenters. The molecule has 3 aromatic rings. The van der Waals surface area contributed by atoms with Crippen molar-refractivity contribution in [3.63, 3.8) is 0 Å². The van der Waals surface area contributed by atoms with Crippen molar-refractivity contribution in [1.82, 2.24) is 4.98 Å². The number of amides is 1. The van der Waals surface area contributed by atoms with Crippen LogP contribution in [0.2, 0.25) is 0 Å². The van der Waals surface area contributed by atoms with Crippen molar-refractivity contribution in [1.29, 1.82) is 5.26 Å². The molecule has 3 rings (SSSR count). The lowest BCUT2D eigenvalue weighted by atomic mass is 10.2. The van der Waals surface area contributed by atoms with Crippen LogP contribution >= 0.6 is 11.3 Å². The van der Waals surface area contributed by atoms with Gasteiger partial charge in [0.15, 0.2) is 0 Å². The lowest BCUT2D eigenvalue weighted by Crippen LogP contribution is -2.14. The molecule has 4 nitrogen and oxygen atoms in total. The van der Waals surface area contributed by atoms with Crippen molar-refractivity contribution in [2.24, 2.45) is 0 Å². The summed E-state index contributed by atoms with van der Waals surface area (Å²) >= 11 is 1.36. The third-order valence-electron chi connectivity index (χ3n) is 3.24. The Hall–Kier alpha value is -3.04. The smallest absolute Gasteiger partial charge is 0.230 e. The van der Waals surface area contributed by atoms with E-state index in [0.717, 1.165) is 0 Å². The molecule has 6 heteroatoms. The van der Waals surface area contributed by atoms with Crippen LogP contribution < -0.4 is 5.32 Å². The van der Waals surface area contributed by atoms with E-state index in [-0.39, 0.29) is 18.1 Å². The van der Waals surface area contributed by atoms with Gasteiger partial charge in [-0.25, -0.2) is 9.37 Å². The second kappa shape index (κ2) is 7.02. The molecule has 1 heterocycles. The molecule has 2 aromatic carbocycles. The topological polar surface area (TPSA) is 65.8 Å². The van der Waals surface area contributed by atoms with Crippen LogP contribution in [-0.2, 0) is 11.2 Å². The third-order valence-corrected chi connectivity index (χ3v) is 4.18. The second-order valence-corrected chi connectivity index (χ2v) is 5.93. The van der Waals surface area contributed by atoms with Crippen LogP contribution in [-0.4, -0.2) is 10.9 Å². The Balaban J connectivity index is 1.68. The number of nitriles is 1. The van der Waals surface area contributed by atoms with E-state index in [1.54, 1.807) is 41.8 Å². The maximum Gasteiger partial charge on any atom is 0.230 e. The molecule has 0 aliphatic rings. The maximum atomic E-state index is 13.3. The number of carbonyl (C=O) groups is 1. The molecule has 118 valence electrons. The molecule has 0 fully saturated rings. The zero-order valence-corrected chi connectivity index (χ0v) is 13.3. The number of rotatable bonds is 4. The highest BCUT2D eigenvalue weighted by Crippen LogP contribution is 2.24. The number of nitrogens with zero attached hydrogens (tertiary/aromatic N) is 2. The van der Waals surface area contributed by atoms with Crippen molar-refractivity contribution in [2.45, 2.75) is 6.42 Å². The lowest BCUT2D eigenvalue weighted by molar-refractivity contribution is -0.115. The molecular weight excluding hydrogens is 325 g/mol. The Morgan fingerprint density at radius 3 is 2.88 bits per heavy atom. The molecule has 0 saturated carbocycles. The molecule has 1 N–H and O–H groups in total. The fraction of sp³-hybridized carbons (Fsp3) is 0.0556.